The zero-order valence-electron chi connectivity index (χ0n) is 17.5. The van der Waals surface area contributed by atoms with Crippen LogP contribution in [0.3, 0.4) is 0 Å². The second kappa shape index (κ2) is 9.60. The Morgan fingerprint density at radius 1 is 1.03 bits per heavy atom. The molecule has 0 saturated heterocycles. The summed E-state index contributed by atoms with van der Waals surface area (Å²) in [7, 11) is 0. The maximum atomic E-state index is 12.9. The Kier molecular flexibility index (Phi) is 6.66. The maximum Gasteiger partial charge on any atom is 0.279 e. The van der Waals surface area contributed by atoms with Gasteiger partial charge in [-0.25, -0.2) is 0 Å². The van der Waals surface area contributed by atoms with Crippen LogP contribution in [0.5, 0.6) is 0 Å². The van der Waals surface area contributed by atoms with Gasteiger partial charge in [-0.05, 0) is 54.8 Å². The fourth-order valence-corrected chi connectivity index (χ4v) is 4.76. The Bertz CT molecular complexity index is 1270. The maximum absolute atomic E-state index is 12.9. The third-order valence-electron chi connectivity index (χ3n) is 5.13. The Morgan fingerprint density at radius 3 is 2.45 bits per heavy atom. The lowest BCUT2D eigenvalue weighted by molar-refractivity contribution is 0.0996. The molecule has 6 heteroatoms. The average molecular weight is 451 g/mol. The predicted octanol–water partition coefficient (Wildman–Crippen LogP) is 6.11. The molecular formula is C25H23ClN2O2S. The zero-order valence-corrected chi connectivity index (χ0v) is 19.0. The molecule has 0 spiro atoms. The number of fused-ring (bicyclic) bond motifs is 1. The lowest BCUT2D eigenvalue weighted by Gasteiger charge is -2.08. The minimum atomic E-state index is -0.264. The molecule has 4 nitrogen and oxygen atoms in total. The summed E-state index contributed by atoms with van der Waals surface area (Å²) in [6.45, 7) is 5.74. The number of halogens is 1. The van der Waals surface area contributed by atoms with Gasteiger partial charge in [-0.1, -0.05) is 65.4 Å². The SMILES string of the molecule is CCOCCn1c(=NC(=O)c2ccc(-c3ccccc3)cc2)sc2ccc(Cl)c(C)c21. The first-order valence-electron chi connectivity index (χ1n) is 10.2. The van der Waals surface area contributed by atoms with Crippen LogP contribution in [0.4, 0.5) is 0 Å². The second-order valence-corrected chi connectivity index (χ2v) is 8.53. The van der Waals surface area contributed by atoms with Gasteiger partial charge in [0.05, 0.1) is 16.8 Å². The van der Waals surface area contributed by atoms with Crippen molar-refractivity contribution in [1.82, 2.24) is 4.57 Å². The first-order valence-corrected chi connectivity index (χ1v) is 11.4. The number of carbonyl (C=O) groups is 1. The number of hydrogen-bond acceptors (Lipinski definition) is 3. The van der Waals surface area contributed by atoms with Gasteiger partial charge < -0.3 is 9.30 Å². The molecule has 0 bridgehead atoms. The summed E-state index contributed by atoms with van der Waals surface area (Å²) < 4.78 is 8.63. The number of nitrogens with zero attached hydrogens (tertiary/aromatic N) is 2. The van der Waals surface area contributed by atoms with Crippen LogP contribution >= 0.6 is 22.9 Å². The minimum Gasteiger partial charge on any atom is -0.380 e. The molecule has 158 valence electrons. The Labute approximate surface area is 190 Å². The van der Waals surface area contributed by atoms with Gasteiger partial charge in [0, 0.05) is 23.7 Å². The highest BCUT2D eigenvalue weighted by Gasteiger charge is 2.13. The van der Waals surface area contributed by atoms with Crippen molar-refractivity contribution in [3.63, 3.8) is 0 Å². The number of amides is 1. The van der Waals surface area contributed by atoms with Crippen LogP contribution in [0.15, 0.2) is 71.7 Å². The molecule has 0 aliphatic rings. The zero-order chi connectivity index (χ0) is 21.8. The van der Waals surface area contributed by atoms with Crippen LogP contribution in [0, 0.1) is 6.92 Å². The number of aryl methyl sites for hydroxylation is 1. The summed E-state index contributed by atoms with van der Waals surface area (Å²) in [6.07, 6.45) is 0. The van der Waals surface area contributed by atoms with Crippen LogP contribution in [0.25, 0.3) is 21.3 Å². The number of benzene rings is 3. The van der Waals surface area contributed by atoms with Gasteiger partial charge in [-0.3, -0.25) is 4.79 Å². The molecular weight excluding hydrogens is 428 g/mol. The Balaban J connectivity index is 1.71. The van der Waals surface area contributed by atoms with Gasteiger partial charge in [0.15, 0.2) is 4.80 Å². The average Bonchev–Trinajstić information content (AvgIpc) is 3.15. The minimum absolute atomic E-state index is 0.264. The highest BCUT2D eigenvalue weighted by Crippen LogP contribution is 2.27. The fraction of sp³-hybridized carbons (Fsp3) is 0.200. The van der Waals surface area contributed by atoms with Gasteiger partial charge in [0.1, 0.15) is 0 Å². The molecule has 0 aliphatic heterocycles. The van der Waals surface area contributed by atoms with Crippen LogP contribution < -0.4 is 4.80 Å². The van der Waals surface area contributed by atoms with Crippen molar-refractivity contribution >= 4 is 39.1 Å². The van der Waals surface area contributed by atoms with Crippen molar-refractivity contribution in [2.24, 2.45) is 4.99 Å². The summed E-state index contributed by atoms with van der Waals surface area (Å²) >= 11 is 7.85. The van der Waals surface area contributed by atoms with E-state index in [1.165, 1.54) is 11.3 Å². The lowest BCUT2D eigenvalue weighted by Crippen LogP contribution is -2.20. The van der Waals surface area contributed by atoms with E-state index in [0.717, 1.165) is 26.9 Å². The normalized spacial score (nSPS) is 11.9. The third kappa shape index (κ3) is 4.64. The van der Waals surface area contributed by atoms with E-state index in [4.69, 9.17) is 16.3 Å². The monoisotopic (exact) mass is 450 g/mol. The molecule has 3 aromatic carbocycles. The highest BCUT2D eigenvalue weighted by atomic mass is 35.5. The molecule has 0 saturated carbocycles. The molecule has 0 aliphatic carbocycles. The molecule has 1 amide bonds. The van der Waals surface area contributed by atoms with Gasteiger partial charge in [0.25, 0.3) is 5.91 Å². The van der Waals surface area contributed by atoms with Gasteiger partial charge in [-0.15, -0.1) is 0 Å². The first-order chi connectivity index (χ1) is 15.1. The van der Waals surface area contributed by atoms with Crippen molar-refractivity contribution in [1.29, 1.82) is 0 Å². The fourth-order valence-electron chi connectivity index (χ4n) is 3.50. The molecule has 4 rings (SSSR count). The number of aromatic nitrogens is 1. The topological polar surface area (TPSA) is 43.6 Å². The van der Waals surface area contributed by atoms with Crippen molar-refractivity contribution in [2.45, 2.75) is 20.4 Å². The number of thiazole rings is 1. The lowest BCUT2D eigenvalue weighted by atomic mass is 10.0. The molecule has 0 atom stereocenters. The summed E-state index contributed by atoms with van der Waals surface area (Å²) in [5, 5.41) is 0.699. The van der Waals surface area contributed by atoms with Crippen molar-refractivity contribution in [2.75, 3.05) is 13.2 Å². The van der Waals surface area contributed by atoms with Gasteiger partial charge >= 0.3 is 0 Å². The summed E-state index contributed by atoms with van der Waals surface area (Å²) in [5.74, 6) is -0.264. The van der Waals surface area contributed by atoms with E-state index < -0.39 is 0 Å². The standard InChI is InChI=1S/C25H23ClN2O2S/c1-3-30-16-15-28-23-17(2)21(26)13-14-22(23)31-25(28)27-24(29)20-11-9-19(10-12-20)18-7-5-4-6-8-18/h4-14H,3,15-16H2,1-2H3. The number of carbonyl (C=O) groups excluding carboxylic acids is 1. The van der Waals surface area contributed by atoms with E-state index in [2.05, 4.69) is 4.99 Å². The molecule has 0 fully saturated rings. The van der Waals surface area contributed by atoms with E-state index in [1.54, 1.807) is 0 Å². The molecule has 0 unspecified atom stereocenters. The second-order valence-electron chi connectivity index (χ2n) is 7.11. The van der Waals surface area contributed by atoms with E-state index in [9.17, 15) is 4.79 Å². The van der Waals surface area contributed by atoms with Crippen LogP contribution in [-0.4, -0.2) is 23.7 Å². The number of rotatable bonds is 6. The highest BCUT2D eigenvalue weighted by molar-refractivity contribution is 7.16. The predicted molar refractivity (Wildman–Crippen MR) is 128 cm³/mol. The van der Waals surface area contributed by atoms with E-state index in [1.807, 2.05) is 85.1 Å². The largest absolute Gasteiger partial charge is 0.380 e. The molecule has 31 heavy (non-hydrogen) atoms. The third-order valence-corrected chi connectivity index (χ3v) is 6.58. The quantitative estimate of drug-likeness (QED) is 0.332. The molecule has 0 N–H and O–H groups in total. The van der Waals surface area contributed by atoms with Crippen LogP contribution in [-0.2, 0) is 11.3 Å². The molecule has 0 radical (unpaired) electrons. The smallest absolute Gasteiger partial charge is 0.279 e. The van der Waals surface area contributed by atoms with E-state index in [-0.39, 0.29) is 5.91 Å². The van der Waals surface area contributed by atoms with Crippen molar-refractivity contribution in [3.8, 4) is 11.1 Å². The van der Waals surface area contributed by atoms with Gasteiger partial charge in [-0.2, -0.15) is 4.99 Å². The summed E-state index contributed by atoms with van der Waals surface area (Å²) in [6, 6.07) is 21.5. The van der Waals surface area contributed by atoms with Crippen LogP contribution in [0.1, 0.15) is 22.8 Å². The molecule has 1 aromatic heterocycles. The van der Waals surface area contributed by atoms with Crippen molar-refractivity contribution < 1.29 is 9.53 Å². The Morgan fingerprint density at radius 2 is 1.74 bits per heavy atom. The summed E-state index contributed by atoms with van der Waals surface area (Å²) in [4.78, 5) is 18.1. The number of ether oxygens (including phenoxy) is 1. The summed E-state index contributed by atoms with van der Waals surface area (Å²) in [5.41, 5.74) is 4.72. The van der Waals surface area contributed by atoms with Gasteiger partial charge in [0.2, 0.25) is 0 Å². The number of hydrogen-bond donors (Lipinski definition) is 0. The van der Waals surface area contributed by atoms with Crippen molar-refractivity contribution in [3.05, 3.63) is 87.7 Å². The first kappa shape index (κ1) is 21.5. The molecule has 4 aromatic rings. The van der Waals surface area contributed by atoms with Crippen LogP contribution in [0.2, 0.25) is 5.02 Å². The van der Waals surface area contributed by atoms with E-state index >= 15 is 0 Å². The van der Waals surface area contributed by atoms with E-state index in [0.29, 0.717) is 35.1 Å². The molecule has 1 heterocycles. The Hall–Kier alpha value is -2.73.